The Labute approximate surface area is 154 Å². The molecule has 1 unspecified atom stereocenters. The van der Waals surface area contributed by atoms with Crippen LogP contribution in [0.25, 0.3) is 10.9 Å². The maximum absolute atomic E-state index is 13.1. The number of esters is 1. The lowest BCUT2D eigenvalue weighted by atomic mass is 9.51. The second-order valence-electron chi connectivity index (χ2n) is 9.32. The van der Waals surface area contributed by atoms with Crippen molar-refractivity contribution in [3.05, 3.63) is 30.0 Å². The fraction of sp³-hybridized carbons (Fsp3) is 0.619. The van der Waals surface area contributed by atoms with Gasteiger partial charge in [-0.3, -0.25) is 9.48 Å². The van der Waals surface area contributed by atoms with Gasteiger partial charge < -0.3 is 10.5 Å². The first kappa shape index (κ1) is 17.5. The molecule has 0 amide bonds. The lowest BCUT2D eigenvalue weighted by molar-refractivity contribution is -0.175. The summed E-state index contributed by atoms with van der Waals surface area (Å²) in [4.78, 5) is 13.1. The van der Waals surface area contributed by atoms with Crippen molar-refractivity contribution >= 4 is 16.9 Å². The van der Waals surface area contributed by atoms with Crippen molar-refractivity contribution in [1.82, 2.24) is 9.78 Å². The van der Waals surface area contributed by atoms with Crippen LogP contribution in [-0.2, 0) is 16.6 Å². The molecule has 26 heavy (non-hydrogen) atoms. The van der Waals surface area contributed by atoms with Gasteiger partial charge in [0, 0.05) is 23.9 Å². The Morgan fingerprint density at radius 3 is 2.62 bits per heavy atom. The van der Waals surface area contributed by atoms with E-state index in [-0.39, 0.29) is 17.4 Å². The van der Waals surface area contributed by atoms with Crippen LogP contribution < -0.4 is 5.73 Å². The van der Waals surface area contributed by atoms with E-state index in [4.69, 9.17) is 10.5 Å². The van der Waals surface area contributed by atoms with E-state index in [0.717, 1.165) is 43.0 Å². The molecule has 2 bridgehead atoms. The summed E-state index contributed by atoms with van der Waals surface area (Å²) < 4.78 is 7.70. The van der Waals surface area contributed by atoms with Crippen LogP contribution in [-0.4, -0.2) is 26.9 Å². The van der Waals surface area contributed by atoms with Crippen molar-refractivity contribution in [3.8, 4) is 0 Å². The maximum Gasteiger partial charge on any atom is 0.312 e. The Bertz CT molecular complexity index is 854. The largest absolute Gasteiger partial charge is 0.460 e. The highest BCUT2D eigenvalue weighted by Gasteiger charge is 2.57. The molecule has 1 atom stereocenters. The lowest BCUT2D eigenvalue weighted by Crippen LogP contribution is -2.59. The Hall–Kier alpha value is -1.88. The quantitative estimate of drug-likeness (QED) is 0.835. The monoisotopic (exact) mass is 355 g/mol. The Morgan fingerprint density at radius 1 is 1.27 bits per heavy atom. The topological polar surface area (TPSA) is 70.1 Å². The molecule has 1 heterocycles. The number of carbonyl (C=O) groups is 1. The Balaban J connectivity index is 1.74. The SMILES string of the molecule is Cn1ncc2c(C3CC4(C(=O)OC(C)(C)C)CCC3(N)CC4)cccc21. The van der Waals surface area contributed by atoms with Crippen molar-refractivity contribution in [1.29, 1.82) is 0 Å². The zero-order valence-electron chi connectivity index (χ0n) is 16.2. The predicted molar refractivity (Wildman–Crippen MR) is 102 cm³/mol. The molecule has 0 aliphatic heterocycles. The van der Waals surface area contributed by atoms with Gasteiger partial charge in [0.25, 0.3) is 0 Å². The molecular weight excluding hydrogens is 326 g/mol. The van der Waals surface area contributed by atoms with Gasteiger partial charge in [0.15, 0.2) is 0 Å². The number of aromatic nitrogens is 2. The highest BCUT2D eigenvalue weighted by atomic mass is 16.6. The molecule has 5 rings (SSSR count). The molecule has 3 aliphatic rings. The number of hydrogen-bond acceptors (Lipinski definition) is 4. The van der Waals surface area contributed by atoms with E-state index in [9.17, 15) is 4.79 Å². The van der Waals surface area contributed by atoms with Crippen LogP contribution in [0, 0.1) is 5.41 Å². The molecule has 140 valence electrons. The highest BCUT2D eigenvalue weighted by Crippen LogP contribution is 2.58. The summed E-state index contributed by atoms with van der Waals surface area (Å²) in [5.74, 6) is 0.112. The van der Waals surface area contributed by atoms with Crippen LogP contribution in [0.15, 0.2) is 24.4 Å². The number of hydrogen-bond donors (Lipinski definition) is 1. The Kier molecular flexibility index (Phi) is 3.75. The van der Waals surface area contributed by atoms with Gasteiger partial charge in [-0.05, 0) is 64.5 Å². The molecule has 0 saturated heterocycles. The van der Waals surface area contributed by atoms with Gasteiger partial charge in [-0.1, -0.05) is 12.1 Å². The van der Waals surface area contributed by atoms with Crippen LogP contribution in [0.4, 0.5) is 0 Å². The standard InChI is InChI=1S/C21H29N3O2/c1-19(2,3)26-18(25)20-8-10-21(22,11-9-20)16(12-20)14-6-5-7-17-15(14)13-23-24(17)4/h5-7,13,16H,8-12,22H2,1-4H3. The molecule has 5 nitrogen and oxygen atoms in total. The lowest BCUT2D eigenvalue weighted by Gasteiger charge is -2.55. The minimum absolute atomic E-state index is 0.0462. The van der Waals surface area contributed by atoms with Crippen LogP contribution >= 0.6 is 0 Å². The summed E-state index contributed by atoms with van der Waals surface area (Å²) in [6.45, 7) is 5.82. The molecule has 1 aromatic carbocycles. The number of fused-ring (bicyclic) bond motifs is 4. The van der Waals surface area contributed by atoms with Crippen molar-refractivity contribution in [3.63, 3.8) is 0 Å². The van der Waals surface area contributed by atoms with Gasteiger partial charge in [0.1, 0.15) is 5.60 Å². The summed E-state index contributed by atoms with van der Waals surface area (Å²) in [5.41, 5.74) is 8.11. The molecule has 3 fully saturated rings. The van der Waals surface area contributed by atoms with E-state index in [1.807, 2.05) is 38.7 Å². The zero-order valence-corrected chi connectivity index (χ0v) is 16.2. The second-order valence-corrected chi connectivity index (χ2v) is 9.32. The normalized spacial score (nSPS) is 31.3. The van der Waals surface area contributed by atoms with Crippen LogP contribution in [0.2, 0.25) is 0 Å². The van der Waals surface area contributed by atoms with Gasteiger partial charge in [-0.15, -0.1) is 0 Å². The molecule has 5 heteroatoms. The highest BCUT2D eigenvalue weighted by molar-refractivity contribution is 5.84. The van der Waals surface area contributed by atoms with Crippen molar-refractivity contribution < 1.29 is 9.53 Å². The zero-order chi connectivity index (χ0) is 18.7. The third-order valence-electron chi connectivity index (χ3n) is 6.46. The van der Waals surface area contributed by atoms with E-state index in [0.29, 0.717) is 0 Å². The van der Waals surface area contributed by atoms with Crippen molar-refractivity contribution in [2.75, 3.05) is 0 Å². The smallest absolute Gasteiger partial charge is 0.312 e. The number of nitrogens with two attached hydrogens (primary N) is 1. The number of rotatable bonds is 2. The Morgan fingerprint density at radius 2 is 1.96 bits per heavy atom. The molecule has 2 N–H and O–H groups in total. The third-order valence-corrected chi connectivity index (χ3v) is 6.46. The minimum atomic E-state index is -0.459. The van der Waals surface area contributed by atoms with Gasteiger partial charge in [-0.25, -0.2) is 0 Å². The fourth-order valence-corrected chi connectivity index (χ4v) is 4.94. The minimum Gasteiger partial charge on any atom is -0.460 e. The summed E-state index contributed by atoms with van der Waals surface area (Å²) >= 11 is 0. The van der Waals surface area contributed by atoms with E-state index in [1.54, 1.807) is 0 Å². The number of aryl methyl sites for hydroxylation is 1. The van der Waals surface area contributed by atoms with Crippen LogP contribution in [0.5, 0.6) is 0 Å². The van der Waals surface area contributed by atoms with Crippen molar-refractivity contribution in [2.24, 2.45) is 18.2 Å². The average Bonchev–Trinajstić information content (AvgIpc) is 2.95. The van der Waals surface area contributed by atoms with Crippen LogP contribution in [0.3, 0.4) is 0 Å². The number of nitrogens with zero attached hydrogens (tertiary/aromatic N) is 2. The van der Waals surface area contributed by atoms with Gasteiger partial charge in [-0.2, -0.15) is 5.10 Å². The molecule has 3 saturated carbocycles. The molecule has 0 radical (unpaired) electrons. The van der Waals surface area contributed by atoms with E-state index >= 15 is 0 Å². The first-order chi connectivity index (χ1) is 12.1. The molecule has 1 aromatic heterocycles. The first-order valence-electron chi connectivity index (χ1n) is 9.57. The van der Waals surface area contributed by atoms with E-state index in [1.165, 1.54) is 5.56 Å². The fourth-order valence-electron chi connectivity index (χ4n) is 4.94. The van der Waals surface area contributed by atoms with Gasteiger partial charge in [0.05, 0.1) is 17.1 Å². The molecular formula is C21H29N3O2. The van der Waals surface area contributed by atoms with E-state index < -0.39 is 11.0 Å². The third kappa shape index (κ3) is 2.64. The van der Waals surface area contributed by atoms with Crippen LogP contribution in [0.1, 0.15) is 64.4 Å². The molecule has 2 aromatic rings. The molecule has 3 aliphatic carbocycles. The number of carbonyl (C=O) groups excluding carboxylic acids is 1. The van der Waals surface area contributed by atoms with Gasteiger partial charge >= 0.3 is 5.97 Å². The number of ether oxygens (including phenoxy) is 1. The summed E-state index contributed by atoms with van der Waals surface area (Å²) in [6, 6.07) is 6.32. The summed E-state index contributed by atoms with van der Waals surface area (Å²) in [5, 5.41) is 5.57. The second kappa shape index (κ2) is 5.56. The predicted octanol–water partition coefficient (Wildman–Crippen LogP) is 3.66. The van der Waals surface area contributed by atoms with Gasteiger partial charge in [0.2, 0.25) is 0 Å². The van der Waals surface area contributed by atoms with E-state index in [2.05, 4.69) is 23.3 Å². The summed E-state index contributed by atoms with van der Waals surface area (Å²) in [7, 11) is 1.96. The summed E-state index contributed by atoms with van der Waals surface area (Å²) in [6.07, 6.45) is 6.10. The average molecular weight is 355 g/mol. The molecule has 0 spiro atoms. The number of benzene rings is 1. The maximum atomic E-state index is 13.1. The first-order valence-corrected chi connectivity index (χ1v) is 9.57. The van der Waals surface area contributed by atoms with Crippen molar-refractivity contribution in [2.45, 2.75) is 69.9 Å².